The number of fused-ring (bicyclic) bond motifs is 5. The molecule has 12 heteroatoms. The number of alkyl halides is 2. The molecule has 2 amide bonds. The Kier molecular flexibility index (Phi) is 9.55. The minimum Gasteiger partial charge on any atom is -0.471 e. The Bertz CT molecular complexity index is 1370. The molecule has 3 heterocycles. The van der Waals surface area contributed by atoms with E-state index in [2.05, 4.69) is 15.0 Å². The van der Waals surface area contributed by atoms with Gasteiger partial charge in [0.2, 0.25) is 11.8 Å². The number of aryl methyl sites for hydroxylation is 1. The molecule has 1 aliphatic carbocycles. The Labute approximate surface area is 256 Å². The Morgan fingerprint density at radius 3 is 2.52 bits per heavy atom. The molecule has 2 aromatic rings. The van der Waals surface area contributed by atoms with Crippen LogP contribution in [-0.4, -0.2) is 70.6 Å². The summed E-state index contributed by atoms with van der Waals surface area (Å²) >= 11 is 0. The van der Waals surface area contributed by atoms with Crippen LogP contribution < -0.4 is 14.8 Å². The third-order valence-electron chi connectivity index (χ3n) is 9.15. The Morgan fingerprint density at radius 2 is 1.80 bits per heavy atom. The number of rotatable bonds is 3. The second-order valence-corrected chi connectivity index (χ2v) is 13.3. The maximum absolute atomic E-state index is 14.0. The normalized spacial score (nSPS) is 28.8. The summed E-state index contributed by atoms with van der Waals surface area (Å²) in [4.78, 5) is 50.4. The first-order valence-electron chi connectivity index (χ1n) is 15.6. The summed E-state index contributed by atoms with van der Waals surface area (Å²) in [6.45, 7) is 4.50. The maximum Gasteiger partial charge on any atom is 0.408 e. The van der Waals surface area contributed by atoms with Crippen molar-refractivity contribution in [3.63, 3.8) is 0 Å². The summed E-state index contributed by atoms with van der Waals surface area (Å²) in [5.41, 5.74) is 0.810. The van der Waals surface area contributed by atoms with Gasteiger partial charge in [0.05, 0.1) is 23.6 Å². The van der Waals surface area contributed by atoms with Crippen LogP contribution in [0.5, 0.6) is 11.6 Å². The first-order valence-corrected chi connectivity index (χ1v) is 15.6. The van der Waals surface area contributed by atoms with Gasteiger partial charge in [0.15, 0.2) is 0 Å². The summed E-state index contributed by atoms with van der Waals surface area (Å²) < 4.78 is 42.6. The van der Waals surface area contributed by atoms with Crippen LogP contribution in [0.1, 0.15) is 78.3 Å². The molecule has 5 rings (SSSR count). The number of carbonyl (C=O) groups is 3. The molecule has 2 aliphatic heterocycles. The van der Waals surface area contributed by atoms with Crippen LogP contribution in [-0.2, 0) is 20.7 Å². The molecule has 1 saturated carbocycles. The molecule has 240 valence electrons. The molecule has 1 aromatic carbocycles. The molecular formula is C32H42F2N4O6. The molecule has 44 heavy (non-hydrogen) atoms. The lowest BCUT2D eigenvalue weighted by Gasteiger charge is -2.35. The molecule has 0 unspecified atom stereocenters. The number of amides is 2. The SMILES string of the molecule is C[C@@H]1[C@@H]2CN(C(=O)[C@H](C(C)(C)C)NC(=O)O[C@@H]3CCC[C@H]3CCCCCc3nc4ccc(OC(F)F)cc4nc3O2)[C@@H]1C=O. The zero-order valence-electron chi connectivity index (χ0n) is 25.8. The van der Waals surface area contributed by atoms with Crippen molar-refractivity contribution in [3.05, 3.63) is 23.9 Å². The molecule has 1 saturated heterocycles. The summed E-state index contributed by atoms with van der Waals surface area (Å²) in [7, 11) is 0. The number of alkyl carbamates (subject to hydrolysis) is 1. The van der Waals surface area contributed by atoms with E-state index in [0.29, 0.717) is 23.1 Å². The number of aldehydes is 1. The van der Waals surface area contributed by atoms with Crippen LogP contribution in [0.3, 0.4) is 0 Å². The van der Waals surface area contributed by atoms with Gasteiger partial charge >= 0.3 is 12.7 Å². The number of benzene rings is 1. The Morgan fingerprint density at radius 1 is 1.02 bits per heavy atom. The van der Waals surface area contributed by atoms with Crippen LogP contribution in [0.4, 0.5) is 13.6 Å². The van der Waals surface area contributed by atoms with E-state index in [9.17, 15) is 23.2 Å². The second-order valence-electron chi connectivity index (χ2n) is 13.3. The minimum absolute atomic E-state index is 0.0431. The van der Waals surface area contributed by atoms with Crippen molar-refractivity contribution in [2.24, 2.45) is 17.3 Å². The van der Waals surface area contributed by atoms with Gasteiger partial charge in [-0.25, -0.2) is 14.8 Å². The number of carbonyl (C=O) groups excluding carboxylic acids is 3. The van der Waals surface area contributed by atoms with E-state index in [1.165, 1.54) is 17.0 Å². The van der Waals surface area contributed by atoms with E-state index in [1.54, 1.807) is 6.07 Å². The van der Waals surface area contributed by atoms with Gasteiger partial charge in [-0.15, -0.1) is 0 Å². The van der Waals surface area contributed by atoms with E-state index >= 15 is 0 Å². The van der Waals surface area contributed by atoms with Gasteiger partial charge in [0.25, 0.3) is 0 Å². The number of aromatic nitrogens is 2. The number of halogens is 2. The standard InChI is InChI=1S/C32H42F2N4O6/c1-18-24(17-39)38-16-26(18)43-28-22(35-21-14-13-20(42-30(33)34)15-23(21)36-28)11-7-5-6-9-19-10-8-12-25(19)44-31(41)37-27(29(38)40)32(2,3)4/h13-15,17-19,24-27,30H,5-12,16H2,1-4H3,(H,37,41)/t18-,19+,24+,25+,26-,27+/m0/s1. The van der Waals surface area contributed by atoms with Crippen molar-refractivity contribution in [2.75, 3.05) is 6.54 Å². The number of nitrogens with zero attached hydrogens (tertiary/aromatic N) is 3. The van der Waals surface area contributed by atoms with Crippen molar-refractivity contribution in [1.82, 2.24) is 20.2 Å². The third kappa shape index (κ3) is 7.04. The van der Waals surface area contributed by atoms with Crippen molar-refractivity contribution in [1.29, 1.82) is 0 Å². The molecule has 0 radical (unpaired) electrons. The van der Waals surface area contributed by atoms with E-state index in [4.69, 9.17) is 14.5 Å². The van der Waals surface area contributed by atoms with Gasteiger partial charge in [-0.05, 0) is 62.0 Å². The predicted octanol–water partition coefficient (Wildman–Crippen LogP) is 5.45. The fourth-order valence-electron chi connectivity index (χ4n) is 6.66. The zero-order chi connectivity index (χ0) is 31.6. The Balaban J connectivity index is 1.50. The van der Waals surface area contributed by atoms with E-state index < -0.39 is 48.1 Å². The maximum atomic E-state index is 14.0. The molecule has 6 atom stereocenters. The lowest BCUT2D eigenvalue weighted by Crippen LogP contribution is -2.56. The quantitative estimate of drug-likeness (QED) is 0.452. The van der Waals surface area contributed by atoms with E-state index in [-0.39, 0.29) is 30.2 Å². The van der Waals surface area contributed by atoms with Crippen LogP contribution >= 0.6 is 0 Å². The highest BCUT2D eigenvalue weighted by molar-refractivity contribution is 5.89. The van der Waals surface area contributed by atoms with Crippen molar-refractivity contribution < 1.29 is 37.4 Å². The number of nitrogens with one attached hydrogen (secondary N) is 1. The number of hydrogen-bond donors (Lipinski definition) is 1. The van der Waals surface area contributed by atoms with Gasteiger partial charge in [0.1, 0.15) is 36.0 Å². The summed E-state index contributed by atoms with van der Waals surface area (Å²) in [6.07, 6.45) is 6.27. The van der Waals surface area contributed by atoms with Crippen LogP contribution in [0, 0.1) is 17.3 Å². The molecule has 0 spiro atoms. The second kappa shape index (κ2) is 13.2. The van der Waals surface area contributed by atoms with Gasteiger partial charge in [-0.3, -0.25) is 4.79 Å². The fraction of sp³-hybridized carbons (Fsp3) is 0.656. The third-order valence-corrected chi connectivity index (χ3v) is 9.15. The molecule has 3 aliphatic rings. The van der Waals surface area contributed by atoms with Crippen LogP contribution in [0.2, 0.25) is 0 Å². The highest BCUT2D eigenvalue weighted by Gasteiger charge is 2.47. The fourth-order valence-corrected chi connectivity index (χ4v) is 6.66. The van der Waals surface area contributed by atoms with Crippen LogP contribution in [0.25, 0.3) is 11.0 Å². The van der Waals surface area contributed by atoms with Crippen LogP contribution in [0.15, 0.2) is 18.2 Å². The molecular weight excluding hydrogens is 574 g/mol. The summed E-state index contributed by atoms with van der Waals surface area (Å²) in [5.74, 6) is -0.338. The van der Waals surface area contributed by atoms with E-state index in [1.807, 2.05) is 27.7 Å². The highest BCUT2D eigenvalue weighted by atomic mass is 19.3. The Hall–Kier alpha value is -3.57. The van der Waals surface area contributed by atoms with Gasteiger partial charge in [0, 0.05) is 12.0 Å². The first-order chi connectivity index (χ1) is 20.9. The van der Waals surface area contributed by atoms with Gasteiger partial charge in [-0.2, -0.15) is 8.78 Å². The van der Waals surface area contributed by atoms with Crippen molar-refractivity contribution in [2.45, 2.75) is 110 Å². The monoisotopic (exact) mass is 616 g/mol. The summed E-state index contributed by atoms with van der Waals surface area (Å²) in [6, 6.07) is 2.68. The smallest absolute Gasteiger partial charge is 0.408 e. The zero-order valence-corrected chi connectivity index (χ0v) is 25.8. The number of ether oxygens (including phenoxy) is 3. The van der Waals surface area contributed by atoms with E-state index in [0.717, 1.165) is 51.2 Å². The van der Waals surface area contributed by atoms with Gasteiger partial charge < -0.3 is 29.2 Å². The van der Waals surface area contributed by atoms with Gasteiger partial charge in [-0.1, -0.05) is 40.5 Å². The lowest BCUT2D eigenvalue weighted by molar-refractivity contribution is -0.139. The first kappa shape index (κ1) is 31.8. The van der Waals surface area contributed by atoms with Crippen molar-refractivity contribution in [3.8, 4) is 11.6 Å². The minimum atomic E-state index is -2.98. The lowest BCUT2D eigenvalue weighted by atomic mass is 9.85. The topological polar surface area (TPSA) is 120 Å². The van der Waals surface area contributed by atoms with Crippen molar-refractivity contribution >= 4 is 29.3 Å². The molecule has 1 aromatic heterocycles. The summed E-state index contributed by atoms with van der Waals surface area (Å²) in [5, 5.41) is 2.82. The average Bonchev–Trinajstić information content (AvgIpc) is 3.52. The molecule has 1 N–H and O–H groups in total. The number of hydrogen-bond acceptors (Lipinski definition) is 8. The average molecular weight is 617 g/mol. The molecule has 10 nitrogen and oxygen atoms in total. The predicted molar refractivity (Wildman–Crippen MR) is 157 cm³/mol. The molecule has 2 bridgehead atoms. The highest BCUT2D eigenvalue weighted by Crippen LogP contribution is 2.35. The largest absolute Gasteiger partial charge is 0.471 e. The molecule has 2 fully saturated rings.